The molecule has 2 aliphatic heterocycles. The van der Waals surface area contributed by atoms with E-state index in [2.05, 4.69) is 14.5 Å². The van der Waals surface area contributed by atoms with Crippen molar-refractivity contribution in [3.05, 3.63) is 21.9 Å². The summed E-state index contributed by atoms with van der Waals surface area (Å²) in [4.78, 5) is 16.9. The molecule has 94 valence electrons. The molecule has 3 heterocycles. The first-order valence-corrected chi connectivity index (χ1v) is 9.34. The summed E-state index contributed by atoms with van der Waals surface area (Å²) in [6.07, 6.45) is 2.48. The minimum absolute atomic E-state index is 0.267. The molecule has 0 aromatic carbocycles. The Morgan fingerprint density at radius 2 is 2.28 bits per heavy atom. The van der Waals surface area contributed by atoms with E-state index in [-0.39, 0.29) is 5.91 Å². The molecule has 1 aromatic heterocycles. The summed E-state index contributed by atoms with van der Waals surface area (Å²) in [6, 6.07) is 4.52. The van der Waals surface area contributed by atoms with Gasteiger partial charge in [-0.2, -0.15) is 0 Å². The van der Waals surface area contributed by atoms with Crippen LogP contribution in [0.3, 0.4) is 0 Å². The number of thiophene rings is 1. The summed E-state index contributed by atoms with van der Waals surface area (Å²) >= 11 is 2.55. The van der Waals surface area contributed by atoms with Crippen molar-refractivity contribution in [1.29, 1.82) is 0 Å². The fourth-order valence-corrected chi connectivity index (χ4v) is 5.87. The van der Waals surface area contributed by atoms with Crippen LogP contribution >= 0.6 is 11.3 Å². The summed E-state index contributed by atoms with van der Waals surface area (Å²) in [5.41, 5.74) is 0. The molecule has 0 spiro atoms. The monoisotopic (exact) mass is 454 g/mol. The molecule has 2 saturated heterocycles. The zero-order valence-electron chi connectivity index (χ0n) is 10.6. The third-order valence-corrected chi connectivity index (χ3v) is 6.65. The molecule has 1 amide bonds. The molecular formula is C13H17N2OSTl. The number of nitrogens with zero attached hydrogens (tertiary/aromatic N) is 2. The third kappa shape index (κ3) is 2.38. The van der Waals surface area contributed by atoms with Gasteiger partial charge in [-0.05, 0) is 0 Å². The van der Waals surface area contributed by atoms with Crippen LogP contribution in [0.4, 0.5) is 0 Å². The van der Waals surface area contributed by atoms with Gasteiger partial charge in [0.2, 0.25) is 0 Å². The Morgan fingerprint density at radius 3 is 3.00 bits per heavy atom. The Morgan fingerprint density at radius 1 is 1.44 bits per heavy atom. The second kappa shape index (κ2) is 5.21. The number of carbonyl (C=O) groups excluding carboxylic acids is 1. The molecule has 2 atom stereocenters. The van der Waals surface area contributed by atoms with Gasteiger partial charge in [-0.15, -0.1) is 0 Å². The average molecular weight is 454 g/mol. The molecule has 3 rings (SSSR count). The number of aryl methyl sites for hydroxylation is 1. The quantitative estimate of drug-likeness (QED) is 0.604. The van der Waals surface area contributed by atoms with Crippen molar-refractivity contribution in [2.75, 3.05) is 19.6 Å². The molecule has 0 aliphatic carbocycles. The van der Waals surface area contributed by atoms with Crippen LogP contribution in [0.15, 0.2) is 12.1 Å². The Hall–Kier alpha value is 0.0521. The van der Waals surface area contributed by atoms with Gasteiger partial charge in [0.05, 0.1) is 0 Å². The molecule has 0 bridgehead atoms. The van der Waals surface area contributed by atoms with Crippen molar-refractivity contribution < 1.29 is 4.79 Å². The first-order chi connectivity index (χ1) is 8.65. The van der Waals surface area contributed by atoms with Gasteiger partial charge >= 0.3 is 129 Å². The maximum absolute atomic E-state index is 12.6. The zero-order chi connectivity index (χ0) is 12.7. The molecule has 0 N–H and O–H groups in total. The normalized spacial score (nSPS) is 28.3. The van der Waals surface area contributed by atoms with Gasteiger partial charge in [0.15, 0.2) is 0 Å². The first kappa shape index (κ1) is 13.1. The van der Waals surface area contributed by atoms with Crippen LogP contribution in [0.2, 0.25) is 0 Å². The van der Waals surface area contributed by atoms with E-state index in [4.69, 9.17) is 0 Å². The van der Waals surface area contributed by atoms with Crippen LogP contribution in [0.25, 0.3) is 0 Å². The van der Waals surface area contributed by atoms with Crippen LogP contribution in [-0.2, 0) is 0 Å². The van der Waals surface area contributed by atoms with E-state index in [1.54, 1.807) is 11.3 Å². The van der Waals surface area contributed by atoms with Gasteiger partial charge in [0, 0.05) is 0 Å². The number of likely N-dealkylation sites (tertiary alicyclic amines) is 1. The number of amides is 1. The molecule has 0 saturated carbocycles. The Balaban J connectivity index is 1.80. The molecule has 2 aliphatic rings. The summed E-state index contributed by atoms with van der Waals surface area (Å²) in [5.74, 6) is 0.997. The number of rotatable bonds is 1. The van der Waals surface area contributed by atoms with E-state index < -0.39 is 0 Å². The van der Waals surface area contributed by atoms with Crippen molar-refractivity contribution in [3.63, 3.8) is 0 Å². The van der Waals surface area contributed by atoms with E-state index in [1.165, 1.54) is 24.3 Å². The van der Waals surface area contributed by atoms with Gasteiger partial charge in [-0.3, -0.25) is 0 Å². The minimum atomic E-state index is 0.267. The number of carbonyl (C=O) groups is 1. The predicted octanol–water partition coefficient (Wildman–Crippen LogP) is 1.68. The third-order valence-electron chi connectivity index (χ3n) is 4.02. The van der Waals surface area contributed by atoms with E-state index in [9.17, 15) is 4.79 Å². The van der Waals surface area contributed by atoms with Gasteiger partial charge < -0.3 is 0 Å². The van der Waals surface area contributed by atoms with Crippen molar-refractivity contribution in [2.45, 2.75) is 25.8 Å². The second-order valence-electron chi connectivity index (χ2n) is 5.33. The molecule has 0 radical (unpaired) electrons. The molecular weight excluding hydrogens is 437 g/mol. The Bertz CT molecular complexity index is 462. The van der Waals surface area contributed by atoms with Crippen molar-refractivity contribution in [3.8, 4) is 0 Å². The molecule has 3 nitrogen and oxygen atoms in total. The number of hydrogen-bond acceptors (Lipinski definition) is 3. The number of fused-ring (bicyclic) bond motifs is 1. The predicted molar refractivity (Wildman–Crippen MR) is 73.9 cm³/mol. The molecule has 2 fully saturated rings. The molecule has 1 unspecified atom stereocenters. The number of hydrogen-bond donors (Lipinski definition) is 0. The zero-order valence-corrected chi connectivity index (χ0v) is 15.9. The second-order valence-corrected chi connectivity index (χ2v) is 9.46. The molecule has 18 heavy (non-hydrogen) atoms. The summed E-state index contributed by atoms with van der Waals surface area (Å²) in [7, 11) is 0. The van der Waals surface area contributed by atoms with E-state index in [0.29, 0.717) is 6.04 Å². The van der Waals surface area contributed by atoms with E-state index in [1.807, 2.05) is 12.1 Å². The Kier molecular flexibility index (Phi) is 3.78. The summed E-state index contributed by atoms with van der Waals surface area (Å²) in [6.45, 7) is 5.36. The first-order valence-electron chi connectivity index (χ1n) is 6.52. The van der Waals surface area contributed by atoms with Gasteiger partial charge in [0.1, 0.15) is 0 Å². The molecule has 5 heteroatoms. The summed E-state index contributed by atoms with van der Waals surface area (Å²) < 4.78 is 2.53. The summed E-state index contributed by atoms with van der Waals surface area (Å²) in [5, 5.41) is 0. The van der Waals surface area contributed by atoms with Crippen LogP contribution in [0.1, 0.15) is 27.4 Å². The Labute approximate surface area is 128 Å². The van der Waals surface area contributed by atoms with Gasteiger partial charge in [0.25, 0.3) is 0 Å². The van der Waals surface area contributed by atoms with Crippen LogP contribution in [-0.4, -0.2) is 65.3 Å². The van der Waals surface area contributed by atoms with Crippen LogP contribution in [0, 0.1) is 12.8 Å². The van der Waals surface area contributed by atoms with Gasteiger partial charge in [-0.25, -0.2) is 0 Å². The van der Waals surface area contributed by atoms with Gasteiger partial charge in [-0.1, -0.05) is 0 Å². The average Bonchev–Trinajstić information content (AvgIpc) is 2.92. The standard InChI is InChI=1S/C13H17N2OS.Tl/c1-9-4-5-12(17-9)13(16)15-6-2-3-10-7-14-8-11(10)15;/h4-5,10-11H,2-3,6-8H2,1H3;/q-1;+1/t10-,11?;/m1./s1. The fraction of sp³-hybridized carbons (Fsp3) is 0.615. The fourth-order valence-electron chi connectivity index (χ4n) is 3.16. The maximum atomic E-state index is 12.6. The van der Waals surface area contributed by atoms with Crippen molar-refractivity contribution in [1.82, 2.24) is 7.61 Å². The van der Waals surface area contributed by atoms with E-state index in [0.717, 1.165) is 50.0 Å². The van der Waals surface area contributed by atoms with Crippen molar-refractivity contribution in [2.24, 2.45) is 5.92 Å². The SMILES string of the molecule is Cc1ccc(C(=O)N2CCC[C@@H]3C[N]([Tl])CC32)s1. The number of piperidine rings is 1. The van der Waals surface area contributed by atoms with E-state index >= 15 is 0 Å². The molecule has 1 aromatic rings. The van der Waals surface area contributed by atoms with Crippen molar-refractivity contribution >= 4 is 43.3 Å². The van der Waals surface area contributed by atoms with Crippen LogP contribution < -0.4 is 0 Å². The topological polar surface area (TPSA) is 23.6 Å². The van der Waals surface area contributed by atoms with Crippen LogP contribution in [0.5, 0.6) is 0 Å².